The Balaban J connectivity index is 2.75. The number of nitrogens with zero attached hydrogens (tertiary/aromatic N) is 2. The molecular formula is C10H12N2S. The van der Waals surface area contributed by atoms with Crippen LogP contribution in [0.2, 0.25) is 0 Å². The number of pyridine rings is 1. The van der Waals surface area contributed by atoms with E-state index in [4.69, 9.17) is 0 Å². The fourth-order valence-electron chi connectivity index (χ4n) is 1.32. The Labute approximate surface area is 81.7 Å². The van der Waals surface area contributed by atoms with Crippen molar-refractivity contribution in [1.29, 1.82) is 0 Å². The third-order valence-electron chi connectivity index (χ3n) is 2.05. The predicted octanol–water partition coefficient (Wildman–Crippen LogP) is 2.99. The highest BCUT2D eigenvalue weighted by molar-refractivity contribution is 7.16. The average molecular weight is 192 g/mol. The average Bonchev–Trinajstić information content (AvgIpc) is 2.48. The lowest BCUT2D eigenvalue weighted by molar-refractivity contribution is 0.594. The first-order chi connectivity index (χ1) is 6.09. The molecule has 3 heteroatoms. The third-order valence-corrected chi connectivity index (χ3v) is 2.92. The SMILES string of the molecule is CC(C)(C)c1cncc2ncsc12. The molecule has 0 saturated carbocycles. The molecule has 2 heterocycles. The highest BCUT2D eigenvalue weighted by Gasteiger charge is 2.17. The molecule has 0 saturated heterocycles. The van der Waals surface area contributed by atoms with Crippen molar-refractivity contribution in [1.82, 2.24) is 9.97 Å². The van der Waals surface area contributed by atoms with E-state index in [-0.39, 0.29) is 5.41 Å². The van der Waals surface area contributed by atoms with Gasteiger partial charge in [0.15, 0.2) is 0 Å². The van der Waals surface area contributed by atoms with Gasteiger partial charge in [-0.25, -0.2) is 4.98 Å². The first-order valence-electron chi connectivity index (χ1n) is 4.27. The van der Waals surface area contributed by atoms with Crippen molar-refractivity contribution >= 4 is 21.6 Å². The summed E-state index contributed by atoms with van der Waals surface area (Å²) in [5, 5.41) is 0. The van der Waals surface area contributed by atoms with Crippen molar-refractivity contribution in [3.05, 3.63) is 23.5 Å². The van der Waals surface area contributed by atoms with Gasteiger partial charge in [-0.05, 0) is 11.0 Å². The van der Waals surface area contributed by atoms with Crippen molar-refractivity contribution in [3.63, 3.8) is 0 Å². The number of hydrogen-bond acceptors (Lipinski definition) is 3. The lowest BCUT2D eigenvalue weighted by Crippen LogP contribution is -2.11. The van der Waals surface area contributed by atoms with Gasteiger partial charge in [-0.2, -0.15) is 0 Å². The first kappa shape index (κ1) is 8.63. The van der Waals surface area contributed by atoms with E-state index >= 15 is 0 Å². The molecule has 2 nitrogen and oxygen atoms in total. The van der Waals surface area contributed by atoms with E-state index in [9.17, 15) is 0 Å². The van der Waals surface area contributed by atoms with Gasteiger partial charge in [0.1, 0.15) is 0 Å². The van der Waals surface area contributed by atoms with Gasteiger partial charge < -0.3 is 0 Å². The summed E-state index contributed by atoms with van der Waals surface area (Å²) in [5.41, 5.74) is 4.32. The molecule has 0 amide bonds. The molecule has 2 rings (SSSR count). The maximum atomic E-state index is 4.25. The maximum absolute atomic E-state index is 4.25. The molecule has 0 atom stereocenters. The van der Waals surface area contributed by atoms with Gasteiger partial charge in [0, 0.05) is 6.20 Å². The Morgan fingerprint density at radius 3 is 2.69 bits per heavy atom. The van der Waals surface area contributed by atoms with Crippen LogP contribution in [0.3, 0.4) is 0 Å². The molecule has 0 aliphatic heterocycles. The molecule has 0 unspecified atom stereocenters. The van der Waals surface area contributed by atoms with E-state index in [0.717, 1.165) is 5.52 Å². The van der Waals surface area contributed by atoms with Crippen LogP contribution < -0.4 is 0 Å². The molecule has 0 spiro atoms. The van der Waals surface area contributed by atoms with Gasteiger partial charge >= 0.3 is 0 Å². The first-order valence-corrected chi connectivity index (χ1v) is 5.15. The zero-order valence-electron chi connectivity index (χ0n) is 8.03. The molecule has 0 aliphatic carbocycles. The van der Waals surface area contributed by atoms with E-state index < -0.39 is 0 Å². The molecule has 0 fully saturated rings. The molecule has 68 valence electrons. The number of thiazole rings is 1. The second-order valence-corrected chi connectivity index (χ2v) is 4.99. The third kappa shape index (κ3) is 1.44. The minimum atomic E-state index is 0.152. The second kappa shape index (κ2) is 2.77. The Morgan fingerprint density at radius 2 is 2.00 bits per heavy atom. The van der Waals surface area contributed by atoms with Crippen LogP contribution in [-0.2, 0) is 5.41 Å². The Morgan fingerprint density at radius 1 is 1.23 bits per heavy atom. The minimum absolute atomic E-state index is 0.152. The summed E-state index contributed by atoms with van der Waals surface area (Å²) in [5.74, 6) is 0. The fraction of sp³-hybridized carbons (Fsp3) is 0.400. The van der Waals surface area contributed by atoms with Crippen molar-refractivity contribution in [2.45, 2.75) is 26.2 Å². The Kier molecular flexibility index (Phi) is 1.84. The predicted molar refractivity (Wildman–Crippen MR) is 56.1 cm³/mol. The monoisotopic (exact) mass is 192 g/mol. The van der Waals surface area contributed by atoms with Crippen molar-refractivity contribution in [3.8, 4) is 0 Å². The van der Waals surface area contributed by atoms with E-state index in [1.807, 2.05) is 17.9 Å². The molecule has 0 radical (unpaired) electrons. The van der Waals surface area contributed by atoms with Gasteiger partial charge in [0.25, 0.3) is 0 Å². The molecular weight excluding hydrogens is 180 g/mol. The largest absolute Gasteiger partial charge is 0.262 e. The fourth-order valence-corrected chi connectivity index (χ4v) is 2.31. The standard InChI is InChI=1S/C10H12N2S/c1-10(2,3)7-4-11-5-8-9(7)13-6-12-8/h4-6H,1-3H3. The van der Waals surface area contributed by atoms with Crippen molar-refractivity contribution in [2.75, 3.05) is 0 Å². The molecule has 2 aromatic heterocycles. The van der Waals surface area contributed by atoms with E-state index in [1.54, 1.807) is 11.3 Å². The number of aromatic nitrogens is 2. The quantitative estimate of drug-likeness (QED) is 0.641. The van der Waals surface area contributed by atoms with Crippen molar-refractivity contribution < 1.29 is 0 Å². The second-order valence-electron chi connectivity index (χ2n) is 4.14. The number of fused-ring (bicyclic) bond motifs is 1. The van der Waals surface area contributed by atoms with Gasteiger partial charge in [0.05, 0.1) is 21.9 Å². The summed E-state index contributed by atoms with van der Waals surface area (Å²) < 4.78 is 1.27. The van der Waals surface area contributed by atoms with Crippen LogP contribution in [-0.4, -0.2) is 9.97 Å². The molecule has 0 bridgehead atoms. The summed E-state index contributed by atoms with van der Waals surface area (Å²) in [6, 6.07) is 0. The lowest BCUT2D eigenvalue weighted by Gasteiger charge is -2.18. The maximum Gasteiger partial charge on any atom is 0.0998 e. The van der Waals surface area contributed by atoms with Gasteiger partial charge in [-0.15, -0.1) is 11.3 Å². The topological polar surface area (TPSA) is 25.8 Å². The van der Waals surface area contributed by atoms with E-state index in [1.165, 1.54) is 10.3 Å². The lowest BCUT2D eigenvalue weighted by atomic mass is 9.88. The van der Waals surface area contributed by atoms with Crippen LogP contribution in [0.25, 0.3) is 10.2 Å². The smallest absolute Gasteiger partial charge is 0.0998 e. The van der Waals surface area contributed by atoms with Crippen LogP contribution in [0.1, 0.15) is 26.3 Å². The molecule has 0 aliphatic rings. The summed E-state index contributed by atoms with van der Waals surface area (Å²) in [6.07, 6.45) is 3.77. The zero-order chi connectivity index (χ0) is 9.47. The van der Waals surface area contributed by atoms with Gasteiger partial charge in [-0.1, -0.05) is 20.8 Å². The molecule has 0 N–H and O–H groups in total. The summed E-state index contributed by atoms with van der Waals surface area (Å²) in [7, 11) is 0. The summed E-state index contributed by atoms with van der Waals surface area (Å²) >= 11 is 1.69. The number of rotatable bonds is 0. The van der Waals surface area contributed by atoms with Crippen molar-refractivity contribution in [2.24, 2.45) is 0 Å². The normalized spacial score (nSPS) is 12.2. The molecule has 2 aromatic rings. The number of hydrogen-bond donors (Lipinski definition) is 0. The van der Waals surface area contributed by atoms with Crippen LogP contribution in [0.15, 0.2) is 17.9 Å². The van der Waals surface area contributed by atoms with Gasteiger partial charge in [0.2, 0.25) is 0 Å². The highest BCUT2D eigenvalue weighted by atomic mass is 32.1. The Hall–Kier alpha value is -0.960. The van der Waals surface area contributed by atoms with Crippen LogP contribution in [0.5, 0.6) is 0 Å². The highest BCUT2D eigenvalue weighted by Crippen LogP contribution is 2.30. The summed E-state index contributed by atoms with van der Waals surface area (Å²) in [6.45, 7) is 6.59. The zero-order valence-corrected chi connectivity index (χ0v) is 8.85. The van der Waals surface area contributed by atoms with Gasteiger partial charge in [-0.3, -0.25) is 4.98 Å². The summed E-state index contributed by atoms with van der Waals surface area (Å²) in [4.78, 5) is 8.44. The Bertz CT molecular complexity index is 426. The van der Waals surface area contributed by atoms with Crippen LogP contribution in [0, 0.1) is 0 Å². The molecule has 0 aromatic carbocycles. The van der Waals surface area contributed by atoms with Crippen LogP contribution >= 0.6 is 11.3 Å². The minimum Gasteiger partial charge on any atom is -0.262 e. The molecule has 13 heavy (non-hydrogen) atoms. The van der Waals surface area contributed by atoms with E-state index in [0.29, 0.717) is 0 Å². The van der Waals surface area contributed by atoms with E-state index in [2.05, 4.69) is 30.7 Å². The van der Waals surface area contributed by atoms with Crippen LogP contribution in [0.4, 0.5) is 0 Å².